The lowest BCUT2D eigenvalue weighted by molar-refractivity contribution is 0.364. The molecule has 1 aromatic rings. The number of hydrogen-bond acceptors (Lipinski definition) is 3. The van der Waals surface area contributed by atoms with Crippen molar-refractivity contribution in [3.8, 4) is 0 Å². The monoisotopic (exact) mass is 253 g/mol. The Kier molecular flexibility index (Phi) is 4.92. The largest absolute Gasteiger partial charge is 0.333 e. The third-order valence-corrected chi connectivity index (χ3v) is 4.72. The topological polar surface area (TPSA) is 29.9 Å². The SMILES string of the molecule is CCNCc1cn(C2CCCCC2SC)cn1. The standard InChI is InChI=1S/C13H23N3S/c1-3-14-8-11-9-16(10-15-11)12-6-4-5-7-13(12)17-2/h9-10,12-14H,3-8H2,1-2H3. The van der Waals surface area contributed by atoms with Crippen LogP contribution in [-0.4, -0.2) is 27.6 Å². The molecule has 1 aromatic heterocycles. The predicted octanol–water partition coefficient (Wildman–Crippen LogP) is 2.84. The Morgan fingerprint density at radius 1 is 1.47 bits per heavy atom. The van der Waals surface area contributed by atoms with Crippen LogP contribution >= 0.6 is 11.8 Å². The molecular weight excluding hydrogens is 230 g/mol. The van der Waals surface area contributed by atoms with Crippen molar-refractivity contribution in [3.05, 3.63) is 18.2 Å². The zero-order valence-electron chi connectivity index (χ0n) is 10.9. The van der Waals surface area contributed by atoms with Gasteiger partial charge in [-0.15, -0.1) is 0 Å². The van der Waals surface area contributed by atoms with E-state index < -0.39 is 0 Å². The minimum atomic E-state index is 0.654. The molecule has 0 saturated heterocycles. The molecule has 2 unspecified atom stereocenters. The van der Waals surface area contributed by atoms with Gasteiger partial charge in [-0.05, 0) is 25.6 Å². The molecular formula is C13H23N3S. The molecule has 0 spiro atoms. The maximum Gasteiger partial charge on any atom is 0.0952 e. The zero-order chi connectivity index (χ0) is 12.1. The van der Waals surface area contributed by atoms with Gasteiger partial charge in [0.15, 0.2) is 0 Å². The van der Waals surface area contributed by atoms with Crippen LogP contribution < -0.4 is 5.32 Å². The molecule has 0 aromatic carbocycles. The first-order valence-corrected chi connectivity index (χ1v) is 7.89. The summed E-state index contributed by atoms with van der Waals surface area (Å²) in [5, 5.41) is 4.09. The second kappa shape index (κ2) is 6.45. The van der Waals surface area contributed by atoms with E-state index in [1.165, 1.54) is 25.7 Å². The molecule has 0 radical (unpaired) electrons. The maximum atomic E-state index is 4.49. The highest BCUT2D eigenvalue weighted by Crippen LogP contribution is 2.35. The van der Waals surface area contributed by atoms with Crippen LogP contribution in [0.3, 0.4) is 0 Å². The van der Waals surface area contributed by atoms with Gasteiger partial charge in [0, 0.05) is 24.0 Å². The summed E-state index contributed by atoms with van der Waals surface area (Å²) in [7, 11) is 0. The van der Waals surface area contributed by atoms with Crippen LogP contribution in [0.15, 0.2) is 12.5 Å². The second-order valence-electron chi connectivity index (χ2n) is 4.72. The second-order valence-corrected chi connectivity index (χ2v) is 5.80. The van der Waals surface area contributed by atoms with Crippen molar-refractivity contribution in [2.24, 2.45) is 0 Å². The van der Waals surface area contributed by atoms with Gasteiger partial charge in [0.2, 0.25) is 0 Å². The number of nitrogens with one attached hydrogen (secondary N) is 1. The number of thioether (sulfide) groups is 1. The highest BCUT2D eigenvalue weighted by Gasteiger charge is 2.25. The van der Waals surface area contributed by atoms with E-state index in [2.05, 4.69) is 34.2 Å². The molecule has 1 heterocycles. The molecule has 2 atom stereocenters. The van der Waals surface area contributed by atoms with Gasteiger partial charge in [-0.1, -0.05) is 19.8 Å². The Bertz CT molecular complexity index is 337. The number of hydrogen-bond donors (Lipinski definition) is 1. The average Bonchev–Trinajstić information content (AvgIpc) is 2.85. The highest BCUT2D eigenvalue weighted by atomic mass is 32.2. The lowest BCUT2D eigenvalue weighted by atomic mass is 9.95. The lowest BCUT2D eigenvalue weighted by Crippen LogP contribution is -2.24. The third-order valence-electron chi connectivity index (χ3n) is 3.56. The molecule has 2 rings (SSSR count). The van der Waals surface area contributed by atoms with Gasteiger partial charge < -0.3 is 9.88 Å². The van der Waals surface area contributed by atoms with E-state index in [1.54, 1.807) is 0 Å². The molecule has 1 fully saturated rings. The van der Waals surface area contributed by atoms with Crippen LogP contribution in [0.5, 0.6) is 0 Å². The van der Waals surface area contributed by atoms with Crippen molar-refractivity contribution in [2.45, 2.75) is 50.4 Å². The van der Waals surface area contributed by atoms with Gasteiger partial charge in [-0.25, -0.2) is 4.98 Å². The highest BCUT2D eigenvalue weighted by molar-refractivity contribution is 7.99. The first-order valence-electron chi connectivity index (χ1n) is 6.61. The van der Waals surface area contributed by atoms with Crippen LogP contribution in [-0.2, 0) is 6.54 Å². The Balaban J connectivity index is 2.02. The Morgan fingerprint density at radius 2 is 2.29 bits per heavy atom. The summed E-state index contributed by atoms with van der Waals surface area (Å²) < 4.78 is 2.34. The first kappa shape index (κ1) is 13.0. The Morgan fingerprint density at radius 3 is 3.06 bits per heavy atom. The summed E-state index contributed by atoms with van der Waals surface area (Å²) in [4.78, 5) is 4.49. The number of imidazole rings is 1. The molecule has 1 saturated carbocycles. The van der Waals surface area contributed by atoms with Crippen molar-refractivity contribution >= 4 is 11.8 Å². The molecule has 96 valence electrons. The summed E-state index contributed by atoms with van der Waals surface area (Å²) in [6.07, 6.45) is 11.9. The molecule has 3 nitrogen and oxygen atoms in total. The van der Waals surface area contributed by atoms with Gasteiger partial charge >= 0.3 is 0 Å². The van der Waals surface area contributed by atoms with E-state index in [1.807, 2.05) is 18.1 Å². The van der Waals surface area contributed by atoms with E-state index in [0.717, 1.165) is 24.0 Å². The van der Waals surface area contributed by atoms with E-state index in [9.17, 15) is 0 Å². The van der Waals surface area contributed by atoms with Gasteiger partial charge in [0.1, 0.15) is 0 Å². The molecule has 0 aliphatic heterocycles. The van der Waals surface area contributed by atoms with Gasteiger partial charge in [-0.3, -0.25) is 0 Å². The van der Waals surface area contributed by atoms with Crippen molar-refractivity contribution in [1.82, 2.24) is 14.9 Å². The van der Waals surface area contributed by atoms with Crippen LogP contribution in [0.4, 0.5) is 0 Å². The molecule has 1 aliphatic carbocycles. The fraction of sp³-hybridized carbons (Fsp3) is 0.769. The number of rotatable bonds is 5. The van der Waals surface area contributed by atoms with Crippen molar-refractivity contribution in [1.29, 1.82) is 0 Å². The van der Waals surface area contributed by atoms with Gasteiger partial charge in [-0.2, -0.15) is 11.8 Å². The summed E-state index contributed by atoms with van der Waals surface area (Å²) in [5.41, 5.74) is 1.16. The fourth-order valence-corrected chi connectivity index (χ4v) is 3.59. The molecule has 4 heteroatoms. The minimum absolute atomic E-state index is 0.654. The lowest BCUT2D eigenvalue weighted by Gasteiger charge is -2.31. The molecule has 1 aliphatic rings. The molecule has 17 heavy (non-hydrogen) atoms. The number of aromatic nitrogens is 2. The molecule has 0 bridgehead atoms. The summed E-state index contributed by atoms with van der Waals surface area (Å²) in [6, 6.07) is 0.654. The average molecular weight is 253 g/mol. The quantitative estimate of drug-likeness (QED) is 0.875. The van der Waals surface area contributed by atoms with E-state index in [4.69, 9.17) is 0 Å². The van der Waals surface area contributed by atoms with Crippen LogP contribution in [0.25, 0.3) is 0 Å². The van der Waals surface area contributed by atoms with Crippen LogP contribution in [0, 0.1) is 0 Å². The van der Waals surface area contributed by atoms with Crippen LogP contribution in [0.2, 0.25) is 0 Å². The smallest absolute Gasteiger partial charge is 0.0952 e. The van der Waals surface area contributed by atoms with Gasteiger partial charge in [0.05, 0.1) is 12.0 Å². The maximum absolute atomic E-state index is 4.49. The minimum Gasteiger partial charge on any atom is -0.333 e. The van der Waals surface area contributed by atoms with Crippen molar-refractivity contribution in [3.63, 3.8) is 0 Å². The summed E-state index contributed by atoms with van der Waals surface area (Å²) >= 11 is 2.01. The fourth-order valence-electron chi connectivity index (χ4n) is 2.60. The molecule has 0 amide bonds. The first-order chi connectivity index (χ1) is 8.35. The van der Waals surface area contributed by atoms with E-state index in [0.29, 0.717) is 6.04 Å². The summed E-state index contributed by atoms with van der Waals surface area (Å²) in [6.45, 7) is 4.02. The normalized spacial score (nSPS) is 25.1. The van der Waals surface area contributed by atoms with Crippen molar-refractivity contribution < 1.29 is 0 Å². The Labute approximate surface area is 108 Å². The van der Waals surface area contributed by atoms with E-state index >= 15 is 0 Å². The Hall–Kier alpha value is -0.480. The van der Waals surface area contributed by atoms with Gasteiger partial charge in [0.25, 0.3) is 0 Å². The number of nitrogens with zero attached hydrogens (tertiary/aromatic N) is 2. The zero-order valence-corrected chi connectivity index (χ0v) is 11.7. The van der Waals surface area contributed by atoms with Crippen molar-refractivity contribution in [2.75, 3.05) is 12.8 Å². The predicted molar refractivity (Wildman–Crippen MR) is 74.4 cm³/mol. The van der Waals surface area contributed by atoms with E-state index in [-0.39, 0.29) is 0 Å². The summed E-state index contributed by atoms with van der Waals surface area (Å²) in [5.74, 6) is 0. The molecule has 1 N–H and O–H groups in total. The third kappa shape index (κ3) is 3.26. The van der Waals surface area contributed by atoms with Crippen LogP contribution in [0.1, 0.15) is 44.3 Å².